The number of carbonyl (C=O) groups is 1. The summed E-state index contributed by atoms with van der Waals surface area (Å²) in [6.07, 6.45) is 2.75. The van der Waals surface area contributed by atoms with Gasteiger partial charge >= 0.3 is 5.97 Å². The molecule has 21 heavy (non-hydrogen) atoms. The Morgan fingerprint density at radius 3 is 2.76 bits per heavy atom. The van der Waals surface area contributed by atoms with Gasteiger partial charge in [0.15, 0.2) is 0 Å². The largest absolute Gasteiger partial charge is 0.478 e. The maximum absolute atomic E-state index is 10.6. The number of aromatic amines is 1. The number of aliphatic carboxylic acids is 1. The second-order valence-corrected chi connectivity index (χ2v) is 5.07. The third kappa shape index (κ3) is 2.87. The molecule has 0 atom stereocenters. The Kier molecular flexibility index (Phi) is 3.32. The van der Waals surface area contributed by atoms with Gasteiger partial charge in [0.05, 0.1) is 0 Å². The average molecular weight is 277 g/mol. The highest BCUT2D eigenvalue weighted by molar-refractivity contribution is 5.90. The fourth-order valence-electron chi connectivity index (χ4n) is 2.39. The van der Waals surface area contributed by atoms with Crippen LogP contribution < -0.4 is 0 Å². The fourth-order valence-corrected chi connectivity index (χ4v) is 2.39. The molecule has 104 valence electrons. The highest BCUT2D eigenvalue weighted by atomic mass is 16.4. The number of carboxylic acid groups (broad SMARTS) is 1. The zero-order valence-corrected chi connectivity index (χ0v) is 11.6. The van der Waals surface area contributed by atoms with Crippen LogP contribution in [0, 0.1) is 6.92 Å². The summed E-state index contributed by atoms with van der Waals surface area (Å²) in [6.45, 7) is 2.07. The van der Waals surface area contributed by atoms with Crippen molar-refractivity contribution in [2.45, 2.75) is 6.92 Å². The summed E-state index contributed by atoms with van der Waals surface area (Å²) in [5.74, 6) is -0.940. The van der Waals surface area contributed by atoms with E-state index in [1.807, 2.05) is 24.3 Å². The van der Waals surface area contributed by atoms with Crippen LogP contribution in [0.1, 0.15) is 11.1 Å². The number of rotatable bonds is 3. The minimum Gasteiger partial charge on any atom is -0.478 e. The van der Waals surface area contributed by atoms with Crippen LogP contribution >= 0.6 is 0 Å². The van der Waals surface area contributed by atoms with Gasteiger partial charge in [0.1, 0.15) is 0 Å². The van der Waals surface area contributed by atoms with Crippen molar-refractivity contribution in [1.29, 1.82) is 0 Å². The lowest BCUT2D eigenvalue weighted by Gasteiger charge is -1.98. The number of hydrogen-bond donors (Lipinski definition) is 2. The van der Waals surface area contributed by atoms with E-state index >= 15 is 0 Å². The smallest absolute Gasteiger partial charge is 0.328 e. The Bertz CT molecular complexity index is 843. The maximum atomic E-state index is 10.6. The summed E-state index contributed by atoms with van der Waals surface area (Å²) >= 11 is 0. The molecular weight excluding hydrogens is 262 g/mol. The lowest BCUT2D eigenvalue weighted by Crippen LogP contribution is -1.85. The second kappa shape index (κ2) is 5.29. The van der Waals surface area contributed by atoms with Gasteiger partial charge in [0.2, 0.25) is 0 Å². The third-order valence-corrected chi connectivity index (χ3v) is 3.39. The first kappa shape index (κ1) is 13.2. The van der Waals surface area contributed by atoms with Gasteiger partial charge in [0, 0.05) is 22.7 Å². The van der Waals surface area contributed by atoms with Crippen molar-refractivity contribution in [3.63, 3.8) is 0 Å². The zero-order chi connectivity index (χ0) is 14.8. The Morgan fingerprint density at radius 1 is 1.14 bits per heavy atom. The Morgan fingerprint density at radius 2 is 2.00 bits per heavy atom. The Labute approximate surface area is 122 Å². The molecule has 0 amide bonds. The van der Waals surface area contributed by atoms with Crippen LogP contribution in [0.15, 0.2) is 54.6 Å². The number of nitrogens with one attached hydrogen (secondary N) is 1. The van der Waals surface area contributed by atoms with Crippen molar-refractivity contribution < 1.29 is 9.90 Å². The molecule has 0 unspecified atom stereocenters. The lowest BCUT2D eigenvalue weighted by atomic mass is 10.1. The van der Waals surface area contributed by atoms with Crippen LogP contribution in [-0.4, -0.2) is 16.1 Å². The van der Waals surface area contributed by atoms with Crippen molar-refractivity contribution in [1.82, 2.24) is 4.98 Å². The summed E-state index contributed by atoms with van der Waals surface area (Å²) in [5, 5.41) is 9.74. The first-order valence-electron chi connectivity index (χ1n) is 6.73. The van der Waals surface area contributed by atoms with Crippen molar-refractivity contribution in [2.24, 2.45) is 0 Å². The molecule has 3 nitrogen and oxygen atoms in total. The molecule has 1 aromatic heterocycles. The van der Waals surface area contributed by atoms with Crippen molar-refractivity contribution in [3.8, 4) is 11.3 Å². The van der Waals surface area contributed by atoms with Gasteiger partial charge in [0.25, 0.3) is 0 Å². The first-order chi connectivity index (χ1) is 10.1. The van der Waals surface area contributed by atoms with Crippen molar-refractivity contribution in [3.05, 3.63) is 65.7 Å². The van der Waals surface area contributed by atoms with Gasteiger partial charge < -0.3 is 10.1 Å². The standard InChI is InChI=1S/C18H15NO2/c1-12-3-2-4-14(9-12)17-11-15-10-13(6-8-18(20)21)5-7-16(15)19-17/h2-11,19H,1H3,(H,20,21)/b8-6+. The number of carboxylic acids is 1. The van der Waals surface area contributed by atoms with E-state index in [1.165, 1.54) is 5.56 Å². The molecule has 0 saturated heterocycles. The van der Waals surface area contributed by atoms with E-state index in [2.05, 4.69) is 36.2 Å². The van der Waals surface area contributed by atoms with E-state index in [1.54, 1.807) is 6.08 Å². The molecule has 0 bridgehead atoms. The molecular formula is C18H15NO2. The minimum absolute atomic E-state index is 0.875. The van der Waals surface area contributed by atoms with Gasteiger partial charge in [-0.3, -0.25) is 0 Å². The molecule has 0 aliphatic rings. The van der Waals surface area contributed by atoms with E-state index < -0.39 is 5.97 Å². The molecule has 0 fully saturated rings. The molecule has 0 aliphatic heterocycles. The van der Waals surface area contributed by atoms with Gasteiger partial charge in [-0.2, -0.15) is 0 Å². The predicted molar refractivity (Wildman–Crippen MR) is 85.1 cm³/mol. The fraction of sp³-hybridized carbons (Fsp3) is 0.0556. The highest BCUT2D eigenvalue weighted by Gasteiger charge is 2.04. The Balaban J connectivity index is 2.02. The van der Waals surface area contributed by atoms with E-state index in [0.29, 0.717) is 0 Å². The van der Waals surface area contributed by atoms with Crippen LogP contribution in [0.25, 0.3) is 28.2 Å². The number of fused-ring (bicyclic) bond motifs is 1. The molecule has 0 saturated carbocycles. The molecule has 0 radical (unpaired) electrons. The Hall–Kier alpha value is -2.81. The van der Waals surface area contributed by atoms with Crippen LogP contribution in [-0.2, 0) is 4.79 Å². The summed E-state index contributed by atoms with van der Waals surface area (Å²) in [6, 6.07) is 16.2. The number of aryl methyl sites for hydroxylation is 1. The zero-order valence-electron chi connectivity index (χ0n) is 11.6. The highest BCUT2D eigenvalue weighted by Crippen LogP contribution is 2.25. The summed E-state index contributed by atoms with van der Waals surface area (Å²) < 4.78 is 0. The number of H-pyrrole nitrogens is 1. The van der Waals surface area contributed by atoms with Gasteiger partial charge in [-0.15, -0.1) is 0 Å². The van der Waals surface area contributed by atoms with E-state index in [-0.39, 0.29) is 0 Å². The van der Waals surface area contributed by atoms with Crippen LogP contribution in [0.5, 0.6) is 0 Å². The molecule has 2 aromatic carbocycles. The lowest BCUT2D eigenvalue weighted by molar-refractivity contribution is -0.131. The SMILES string of the molecule is Cc1cccc(-c2cc3cc(/C=C/C(=O)O)ccc3[nH]2)c1. The minimum atomic E-state index is -0.940. The molecule has 3 heteroatoms. The molecule has 1 heterocycles. The van der Waals surface area contributed by atoms with Crippen LogP contribution in [0.2, 0.25) is 0 Å². The average Bonchev–Trinajstić information content (AvgIpc) is 2.88. The van der Waals surface area contributed by atoms with Crippen molar-refractivity contribution >= 4 is 22.9 Å². The molecule has 2 N–H and O–H groups in total. The predicted octanol–water partition coefficient (Wildman–Crippen LogP) is 4.24. The first-order valence-corrected chi connectivity index (χ1v) is 6.73. The summed E-state index contributed by atoms with van der Waals surface area (Å²) in [4.78, 5) is 14.0. The van der Waals surface area contributed by atoms with Gasteiger partial charge in [-0.1, -0.05) is 29.8 Å². The van der Waals surface area contributed by atoms with Gasteiger partial charge in [-0.05, 0) is 48.4 Å². The van der Waals surface area contributed by atoms with E-state index in [0.717, 1.165) is 33.8 Å². The number of hydrogen-bond acceptors (Lipinski definition) is 1. The topological polar surface area (TPSA) is 53.1 Å². The third-order valence-electron chi connectivity index (χ3n) is 3.39. The monoisotopic (exact) mass is 277 g/mol. The summed E-state index contributed by atoms with van der Waals surface area (Å²) in [5.41, 5.74) is 5.34. The van der Waals surface area contributed by atoms with E-state index in [9.17, 15) is 4.79 Å². The molecule has 0 spiro atoms. The van der Waals surface area contributed by atoms with Crippen molar-refractivity contribution in [2.75, 3.05) is 0 Å². The normalized spacial score (nSPS) is 11.3. The van der Waals surface area contributed by atoms with Crippen LogP contribution in [0.3, 0.4) is 0 Å². The second-order valence-electron chi connectivity index (χ2n) is 5.07. The molecule has 3 rings (SSSR count). The molecule has 0 aliphatic carbocycles. The maximum Gasteiger partial charge on any atom is 0.328 e. The summed E-state index contributed by atoms with van der Waals surface area (Å²) in [7, 11) is 0. The number of aromatic nitrogens is 1. The van der Waals surface area contributed by atoms with Crippen LogP contribution in [0.4, 0.5) is 0 Å². The van der Waals surface area contributed by atoms with Gasteiger partial charge in [-0.25, -0.2) is 4.79 Å². The number of benzene rings is 2. The molecule has 3 aromatic rings. The van der Waals surface area contributed by atoms with E-state index in [4.69, 9.17) is 5.11 Å². The quantitative estimate of drug-likeness (QED) is 0.703.